The standard InChI is InChI=1S/C39H29N9O12S3.3Na/c40-23-9-6-21-16-30(62(55,56)57)35(37(49)28(21)19-23)47-45-27-14-12-24(13-15-27)42-39(51)20-7-10-26(11-8-20)44-46-34-29(61(52,53)54)17-22-18-31(63(58,59)60)36(38(50)32(22)33(34)41)48-43-25-4-2-1-3-5-25;;;/h1-19,49-50H,40-41H2,(H,42,51)(H,52,53,54)(H,55,56,57)(H,58,59,60);;;/q;3*+1/p-3. The third-order valence-corrected chi connectivity index (χ3v) is 11.5. The summed E-state index contributed by atoms with van der Waals surface area (Å²) >= 11 is 0. The van der Waals surface area contributed by atoms with Gasteiger partial charge in [0, 0.05) is 11.1 Å². The van der Waals surface area contributed by atoms with Crippen LogP contribution in [-0.2, 0) is 30.4 Å². The van der Waals surface area contributed by atoms with Gasteiger partial charge in [-0.3, -0.25) is 18.7 Å². The Morgan fingerprint density at radius 3 is 1.42 bits per heavy atom. The zero-order valence-electron chi connectivity index (χ0n) is 34.5. The van der Waals surface area contributed by atoms with Crippen LogP contribution in [0.4, 0.5) is 51.2 Å². The first kappa shape index (κ1) is 53.9. The molecule has 0 aromatic heterocycles. The zero-order valence-corrected chi connectivity index (χ0v) is 42.9. The van der Waals surface area contributed by atoms with E-state index in [-0.39, 0.29) is 133 Å². The molecule has 0 spiro atoms. The molecule has 0 saturated carbocycles. The molecule has 7 aromatic carbocycles. The summed E-state index contributed by atoms with van der Waals surface area (Å²) in [5, 5.41) is 62.2. The molecule has 27 heteroatoms. The number of azo groups is 3. The van der Waals surface area contributed by atoms with E-state index in [1.54, 1.807) is 18.2 Å². The van der Waals surface area contributed by atoms with Crippen LogP contribution >= 0.6 is 0 Å². The molecule has 0 aliphatic carbocycles. The van der Waals surface area contributed by atoms with Crippen molar-refractivity contribution < 1.29 is 143 Å². The van der Waals surface area contributed by atoms with Crippen LogP contribution in [0.25, 0.3) is 21.5 Å². The van der Waals surface area contributed by atoms with Crippen molar-refractivity contribution in [2.75, 3.05) is 11.5 Å². The van der Waals surface area contributed by atoms with Crippen LogP contribution in [0.5, 0.6) is 11.5 Å². The molecule has 320 valence electrons. The zero-order chi connectivity index (χ0) is 45.4. The Morgan fingerprint density at radius 2 is 0.909 bits per heavy atom. The fourth-order valence-electron chi connectivity index (χ4n) is 5.99. The summed E-state index contributed by atoms with van der Waals surface area (Å²) in [4.78, 5) is 1.27. The van der Waals surface area contributed by atoms with E-state index in [1.807, 2.05) is 0 Å². The molecule has 7 aromatic rings. The van der Waals surface area contributed by atoms with E-state index >= 15 is 0 Å². The third-order valence-electron chi connectivity index (χ3n) is 8.93. The Hall–Kier alpha value is -4.74. The summed E-state index contributed by atoms with van der Waals surface area (Å²) in [6.07, 6.45) is 0. The van der Waals surface area contributed by atoms with Gasteiger partial charge in [0.1, 0.15) is 20.4 Å². The van der Waals surface area contributed by atoms with Crippen molar-refractivity contribution in [1.29, 1.82) is 0 Å². The van der Waals surface area contributed by atoms with Gasteiger partial charge in [-0.2, -0.15) is 40.6 Å². The van der Waals surface area contributed by atoms with Crippen molar-refractivity contribution in [1.82, 2.24) is 0 Å². The van der Waals surface area contributed by atoms with Crippen molar-refractivity contribution in [2.24, 2.45) is 35.7 Å². The number of nitrogen functional groups attached to an aromatic ring is 2. The monoisotopic (exact) mass is 977 g/mol. The normalized spacial score (nSPS) is 12.4. The molecule has 0 bridgehead atoms. The molecule has 21 nitrogen and oxygen atoms in total. The molecular weight excluding hydrogens is 952 g/mol. The number of benzene rings is 7. The van der Waals surface area contributed by atoms with Crippen LogP contribution in [-0.4, -0.2) is 44.8 Å². The number of rotatable bonds is 11. The molecule has 0 unspecified atom stereocenters. The number of hydrogen-bond donors (Lipinski definition) is 5. The van der Waals surface area contributed by atoms with Crippen molar-refractivity contribution >= 4 is 109 Å². The van der Waals surface area contributed by atoms with E-state index in [9.17, 15) is 54.2 Å². The second kappa shape index (κ2) is 21.5. The van der Waals surface area contributed by atoms with Crippen molar-refractivity contribution in [3.8, 4) is 11.5 Å². The summed E-state index contributed by atoms with van der Waals surface area (Å²) in [6.45, 7) is 0. The predicted molar refractivity (Wildman–Crippen MR) is 223 cm³/mol. The van der Waals surface area contributed by atoms with Gasteiger partial charge in [-0.05, 0) is 106 Å². The van der Waals surface area contributed by atoms with Gasteiger partial charge in [-0.15, -0.1) is 15.3 Å². The van der Waals surface area contributed by atoms with E-state index in [0.717, 1.165) is 12.1 Å². The molecular formula is C39H26N9Na3O12S3. The Labute approximate surface area is 441 Å². The summed E-state index contributed by atoms with van der Waals surface area (Å²) in [5.41, 5.74) is 9.95. The number of nitrogens with two attached hydrogens (primary N) is 2. The van der Waals surface area contributed by atoms with Gasteiger partial charge in [0.05, 0.1) is 39.8 Å². The van der Waals surface area contributed by atoms with Gasteiger partial charge in [-0.1, -0.05) is 47.9 Å². The molecule has 0 saturated heterocycles. The number of hydrogen-bond acceptors (Lipinski definition) is 18. The first-order chi connectivity index (χ1) is 29.7. The second-order valence-electron chi connectivity index (χ2n) is 13.2. The summed E-state index contributed by atoms with van der Waals surface area (Å²) < 4.78 is 103. The minimum atomic E-state index is -5.16. The first-order valence-electron chi connectivity index (χ1n) is 17.5. The van der Waals surface area contributed by atoms with Gasteiger partial charge < -0.3 is 26.8 Å². The SMILES string of the molecule is Nc1ccc2cc(S(=O)(=O)O)c(N=Nc3ccc(N=C([O-])c4ccc(N=Nc5c(S(=O)(=O)O)cc6cc(S(=O)(=O)O)c(N=Nc7ccccc7)c([O-])c6c5N)cc4)cc3)c([O-])c2c1.[Na+].[Na+].[Na+]. The fraction of sp³-hybridized carbons (Fsp3) is 0. The maximum absolute atomic E-state index is 13.7. The maximum atomic E-state index is 13.7. The smallest absolute Gasteiger partial charge is 0.871 e. The number of fused-ring (bicyclic) bond motifs is 2. The van der Waals surface area contributed by atoms with E-state index in [2.05, 4.69) is 35.7 Å². The Balaban J connectivity index is 0.00000317. The Kier molecular flexibility index (Phi) is 17.5. The molecule has 0 heterocycles. The van der Waals surface area contributed by atoms with Crippen LogP contribution < -0.4 is 115 Å². The second-order valence-corrected chi connectivity index (χ2v) is 17.3. The average Bonchev–Trinajstić information content (AvgIpc) is 3.22. The molecule has 7 N–H and O–H groups in total. The molecule has 66 heavy (non-hydrogen) atoms. The van der Waals surface area contributed by atoms with Crippen LogP contribution in [0.3, 0.4) is 0 Å². The van der Waals surface area contributed by atoms with Crippen LogP contribution in [0.2, 0.25) is 0 Å². The molecule has 0 aliphatic rings. The average molecular weight is 978 g/mol. The predicted octanol–water partition coefficient (Wildman–Crippen LogP) is -2.26. The minimum Gasteiger partial charge on any atom is -0.871 e. The molecule has 0 amide bonds. The van der Waals surface area contributed by atoms with E-state index in [4.69, 9.17) is 11.5 Å². The first-order valence-corrected chi connectivity index (χ1v) is 21.8. The summed E-state index contributed by atoms with van der Waals surface area (Å²) in [7, 11) is -15.2. The Bertz CT molecular complexity index is 3480. The number of aliphatic imine (C=N–C) groups is 1. The number of nitrogens with zero attached hydrogens (tertiary/aromatic N) is 7. The quantitative estimate of drug-likeness (QED) is 0.0228. The molecule has 0 radical (unpaired) electrons. The van der Waals surface area contributed by atoms with Gasteiger partial charge in [-0.25, -0.2) is 0 Å². The van der Waals surface area contributed by atoms with Crippen molar-refractivity contribution in [3.05, 3.63) is 121 Å². The largest absolute Gasteiger partial charge is 1.00 e. The fourth-order valence-corrected chi connectivity index (χ4v) is 7.97. The third kappa shape index (κ3) is 12.0. The van der Waals surface area contributed by atoms with E-state index in [1.165, 1.54) is 78.9 Å². The summed E-state index contributed by atoms with van der Waals surface area (Å²) in [5.74, 6) is -2.74. The van der Waals surface area contributed by atoms with E-state index < -0.39 is 96.0 Å². The topological polar surface area (TPSA) is 371 Å². The molecule has 0 atom stereocenters. The van der Waals surface area contributed by atoms with Crippen molar-refractivity contribution in [2.45, 2.75) is 14.7 Å². The van der Waals surface area contributed by atoms with Gasteiger partial charge in [0.25, 0.3) is 30.4 Å². The summed E-state index contributed by atoms with van der Waals surface area (Å²) in [6, 6.07) is 25.3. The molecule has 0 fully saturated rings. The van der Waals surface area contributed by atoms with Crippen molar-refractivity contribution in [3.63, 3.8) is 0 Å². The van der Waals surface area contributed by atoms with Crippen LogP contribution in [0, 0.1) is 0 Å². The van der Waals surface area contributed by atoms with Gasteiger partial charge >= 0.3 is 88.7 Å². The molecule has 0 aliphatic heterocycles. The van der Waals surface area contributed by atoms with Crippen LogP contribution in [0.1, 0.15) is 5.56 Å². The Morgan fingerprint density at radius 1 is 0.485 bits per heavy atom. The molecule has 7 rings (SSSR count). The number of anilines is 2. The van der Waals surface area contributed by atoms with Gasteiger partial charge in [0.2, 0.25) is 0 Å². The van der Waals surface area contributed by atoms with Gasteiger partial charge in [0.15, 0.2) is 0 Å². The van der Waals surface area contributed by atoms with Crippen LogP contribution in [0.15, 0.2) is 166 Å². The minimum absolute atomic E-state index is 0. The maximum Gasteiger partial charge on any atom is 1.00 e. The van der Waals surface area contributed by atoms with E-state index in [0.29, 0.717) is 6.07 Å².